The van der Waals surface area contributed by atoms with Gasteiger partial charge in [-0.2, -0.15) is 0 Å². The van der Waals surface area contributed by atoms with Gasteiger partial charge >= 0.3 is 5.97 Å². The Hall–Kier alpha value is -2.89. The van der Waals surface area contributed by atoms with Gasteiger partial charge in [0.1, 0.15) is 0 Å². The Morgan fingerprint density at radius 2 is 1.77 bits per heavy atom. The fourth-order valence-corrected chi connectivity index (χ4v) is 2.34. The Kier molecular flexibility index (Phi) is 7.14. The number of hydrogen-bond donors (Lipinski definition) is 1. The first-order valence-corrected chi connectivity index (χ1v) is 8.38. The molecule has 0 aliphatic carbocycles. The van der Waals surface area contributed by atoms with Crippen molar-refractivity contribution in [1.29, 1.82) is 0 Å². The van der Waals surface area contributed by atoms with Gasteiger partial charge in [0, 0.05) is 0 Å². The lowest BCUT2D eigenvalue weighted by Gasteiger charge is -2.17. The molecule has 0 unspecified atom stereocenters. The van der Waals surface area contributed by atoms with Gasteiger partial charge in [0.15, 0.2) is 24.8 Å². The summed E-state index contributed by atoms with van der Waals surface area (Å²) in [5.74, 6) is -1.76. The molecule has 138 valence electrons. The molecule has 5 nitrogen and oxygen atoms in total. The monoisotopic (exact) mass is 359 g/mol. The fraction of sp³-hybridized carbons (Fsp3) is 0.300. The van der Waals surface area contributed by atoms with Crippen LogP contribution in [0.5, 0.6) is 5.75 Å². The van der Waals surface area contributed by atoms with Crippen LogP contribution < -0.4 is 10.1 Å². The Bertz CT molecular complexity index is 746. The Morgan fingerprint density at radius 3 is 2.42 bits per heavy atom. The lowest BCUT2D eigenvalue weighted by atomic mass is 10.0. The molecule has 0 saturated heterocycles. The first kappa shape index (κ1) is 19.4. The second-order valence-electron chi connectivity index (χ2n) is 5.82. The molecule has 0 aliphatic rings. The number of halogens is 1. The summed E-state index contributed by atoms with van der Waals surface area (Å²) in [5.41, 5.74) is 2.12. The molecule has 0 bridgehead atoms. The van der Waals surface area contributed by atoms with E-state index in [4.69, 9.17) is 9.47 Å². The minimum Gasteiger partial charge on any atom is -0.479 e. The normalized spacial score (nSPS) is 11.5. The maximum atomic E-state index is 13.4. The summed E-state index contributed by atoms with van der Waals surface area (Å²) in [6.07, 6.45) is 0.707. The van der Waals surface area contributed by atoms with Gasteiger partial charge in [-0.25, -0.2) is 9.18 Å². The van der Waals surface area contributed by atoms with Crippen LogP contribution in [0, 0.1) is 12.7 Å². The van der Waals surface area contributed by atoms with E-state index in [1.807, 2.05) is 38.1 Å². The average molecular weight is 359 g/mol. The smallest absolute Gasteiger partial charge is 0.344 e. The van der Waals surface area contributed by atoms with E-state index in [-0.39, 0.29) is 11.8 Å². The van der Waals surface area contributed by atoms with Crippen LogP contribution in [0.3, 0.4) is 0 Å². The van der Waals surface area contributed by atoms with E-state index in [0.29, 0.717) is 6.42 Å². The van der Waals surface area contributed by atoms with E-state index >= 15 is 0 Å². The number of carbonyl (C=O) groups excluding carboxylic acids is 2. The summed E-state index contributed by atoms with van der Waals surface area (Å²) in [4.78, 5) is 23.6. The van der Waals surface area contributed by atoms with Crippen molar-refractivity contribution in [2.75, 3.05) is 13.2 Å². The molecule has 0 saturated carbocycles. The number of para-hydroxylation sites is 1. The van der Waals surface area contributed by atoms with Gasteiger partial charge in [0.2, 0.25) is 0 Å². The minimum atomic E-state index is -0.744. The zero-order valence-corrected chi connectivity index (χ0v) is 14.8. The number of aryl methyl sites for hydroxylation is 1. The van der Waals surface area contributed by atoms with Crippen LogP contribution in [-0.2, 0) is 14.3 Å². The molecule has 0 aliphatic heterocycles. The lowest BCUT2D eigenvalue weighted by molar-refractivity contribution is -0.150. The maximum Gasteiger partial charge on any atom is 0.344 e. The molecule has 26 heavy (non-hydrogen) atoms. The van der Waals surface area contributed by atoms with Crippen LogP contribution in [0.2, 0.25) is 0 Å². The van der Waals surface area contributed by atoms with Crippen LogP contribution in [0.15, 0.2) is 48.5 Å². The summed E-state index contributed by atoms with van der Waals surface area (Å²) in [5, 5.41) is 2.82. The Morgan fingerprint density at radius 1 is 1.08 bits per heavy atom. The second kappa shape index (κ2) is 9.56. The fourth-order valence-electron chi connectivity index (χ4n) is 2.34. The van der Waals surface area contributed by atoms with Gasteiger partial charge in [0.05, 0.1) is 6.04 Å². The quantitative estimate of drug-likeness (QED) is 0.735. The van der Waals surface area contributed by atoms with Crippen molar-refractivity contribution < 1.29 is 23.5 Å². The Balaban J connectivity index is 1.77. The highest BCUT2D eigenvalue weighted by atomic mass is 19.1. The molecule has 0 aromatic heterocycles. The van der Waals surface area contributed by atoms with Crippen molar-refractivity contribution in [3.8, 4) is 5.75 Å². The molecule has 6 heteroatoms. The van der Waals surface area contributed by atoms with Crippen LogP contribution in [-0.4, -0.2) is 25.1 Å². The maximum absolute atomic E-state index is 13.4. The third kappa shape index (κ3) is 5.88. The standard InChI is InChI=1S/C20H22FNO4/c1-3-17(15-10-8-14(2)9-11-15)22-19(23)12-26-20(24)13-25-18-7-5-4-6-16(18)21/h4-11,17H,3,12-13H2,1-2H3,(H,22,23)/t17-/m1/s1. The first-order valence-electron chi connectivity index (χ1n) is 8.38. The number of amides is 1. The number of benzene rings is 2. The van der Waals surface area contributed by atoms with E-state index in [1.165, 1.54) is 18.2 Å². The molecular formula is C20H22FNO4. The van der Waals surface area contributed by atoms with E-state index < -0.39 is 30.9 Å². The highest BCUT2D eigenvalue weighted by Crippen LogP contribution is 2.17. The predicted octanol–water partition coefficient (Wildman–Crippen LogP) is 3.32. The summed E-state index contributed by atoms with van der Waals surface area (Å²) in [6, 6.07) is 13.4. The van der Waals surface area contributed by atoms with Gasteiger partial charge < -0.3 is 14.8 Å². The third-order valence-corrected chi connectivity index (χ3v) is 3.77. The van der Waals surface area contributed by atoms with E-state index in [0.717, 1.165) is 11.1 Å². The van der Waals surface area contributed by atoms with Gasteiger partial charge in [-0.05, 0) is 31.0 Å². The molecule has 2 rings (SSSR count). The molecule has 1 amide bonds. The van der Waals surface area contributed by atoms with Crippen LogP contribution in [0.25, 0.3) is 0 Å². The zero-order chi connectivity index (χ0) is 18.9. The number of rotatable bonds is 8. The number of carbonyl (C=O) groups is 2. The van der Waals surface area contributed by atoms with Gasteiger partial charge in [-0.3, -0.25) is 4.79 Å². The second-order valence-corrected chi connectivity index (χ2v) is 5.82. The topological polar surface area (TPSA) is 64.6 Å². The molecule has 0 spiro atoms. The molecule has 2 aromatic rings. The summed E-state index contributed by atoms with van der Waals surface area (Å²) in [6.45, 7) is 3.07. The average Bonchev–Trinajstić information content (AvgIpc) is 2.64. The molecule has 0 radical (unpaired) electrons. The number of ether oxygens (including phenoxy) is 2. The van der Waals surface area contributed by atoms with Gasteiger partial charge in [-0.15, -0.1) is 0 Å². The predicted molar refractivity (Wildman–Crippen MR) is 95.2 cm³/mol. The van der Waals surface area contributed by atoms with Gasteiger partial charge in [-0.1, -0.05) is 48.9 Å². The van der Waals surface area contributed by atoms with E-state index in [1.54, 1.807) is 6.07 Å². The number of hydrogen-bond acceptors (Lipinski definition) is 4. The van der Waals surface area contributed by atoms with Crippen molar-refractivity contribution in [3.05, 3.63) is 65.5 Å². The first-order chi connectivity index (χ1) is 12.5. The highest BCUT2D eigenvalue weighted by Gasteiger charge is 2.15. The molecule has 2 aromatic carbocycles. The molecule has 1 atom stereocenters. The minimum absolute atomic E-state index is 0.0423. The van der Waals surface area contributed by atoms with E-state index in [9.17, 15) is 14.0 Å². The van der Waals surface area contributed by atoms with Crippen molar-refractivity contribution in [2.45, 2.75) is 26.3 Å². The summed E-state index contributed by atoms with van der Waals surface area (Å²) in [7, 11) is 0. The summed E-state index contributed by atoms with van der Waals surface area (Å²) < 4.78 is 23.3. The van der Waals surface area contributed by atoms with Crippen LogP contribution in [0.1, 0.15) is 30.5 Å². The molecule has 0 heterocycles. The molecular weight excluding hydrogens is 337 g/mol. The zero-order valence-electron chi connectivity index (χ0n) is 14.8. The third-order valence-electron chi connectivity index (χ3n) is 3.77. The number of esters is 1. The molecule has 0 fully saturated rings. The summed E-state index contributed by atoms with van der Waals surface area (Å²) >= 11 is 0. The van der Waals surface area contributed by atoms with Crippen LogP contribution in [0.4, 0.5) is 4.39 Å². The number of nitrogens with one attached hydrogen (secondary N) is 1. The van der Waals surface area contributed by atoms with Gasteiger partial charge in [0.25, 0.3) is 5.91 Å². The lowest BCUT2D eigenvalue weighted by Crippen LogP contribution is -2.33. The largest absolute Gasteiger partial charge is 0.479 e. The Labute approximate surface area is 152 Å². The SMILES string of the molecule is CC[C@@H](NC(=O)COC(=O)COc1ccccc1F)c1ccc(C)cc1. The van der Waals surface area contributed by atoms with Crippen molar-refractivity contribution in [1.82, 2.24) is 5.32 Å². The molecule has 1 N–H and O–H groups in total. The van der Waals surface area contributed by atoms with E-state index in [2.05, 4.69) is 5.32 Å². The van der Waals surface area contributed by atoms with Crippen molar-refractivity contribution in [3.63, 3.8) is 0 Å². The van der Waals surface area contributed by atoms with Crippen molar-refractivity contribution in [2.24, 2.45) is 0 Å². The van der Waals surface area contributed by atoms with Crippen molar-refractivity contribution >= 4 is 11.9 Å². The highest BCUT2D eigenvalue weighted by molar-refractivity contribution is 5.81. The van der Waals surface area contributed by atoms with Crippen LogP contribution >= 0.6 is 0 Å².